The van der Waals surface area contributed by atoms with Crippen LogP contribution in [0.2, 0.25) is 0 Å². The minimum atomic E-state index is 0.641. The first kappa shape index (κ1) is 11.1. The summed E-state index contributed by atoms with van der Waals surface area (Å²) in [5.41, 5.74) is 1.22. The zero-order valence-electron chi connectivity index (χ0n) is 8.64. The number of hydrogen-bond acceptors (Lipinski definition) is 3. The first-order valence-corrected chi connectivity index (χ1v) is 5.76. The Labute approximate surface area is 103 Å². The first-order valence-electron chi connectivity index (χ1n) is 4.97. The summed E-state index contributed by atoms with van der Waals surface area (Å²) in [6.45, 7) is 0.641. The topological polar surface area (TPSA) is 35.0 Å². The van der Waals surface area contributed by atoms with E-state index < -0.39 is 0 Å². The van der Waals surface area contributed by atoms with Crippen LogP contribution in [-0.2, 0) is 6.42 Å². The van der Waals surface area contributed by atoms with Gasteiger partial charge in [-0.15, -0.1) is 0 Å². The maximum Gasteiger partial charge on any atom is 0.138 e. The van der Waals surface area contributed by atoms with E-state index in [1.54, 1.807) is 24.8 Å². The number of hydrogen-bond donors (Lipinski definition) is 0. The molecule has 3 nitrogen and oxygen atoms in total. The Bertz CT molecular complexity index is 448. The molecule has 0 amide bonds. The van der Waals surface area contributed by atoms with Gasteiger partial charge in [0.25, 0.3) is 0 Å². The smallest absolute Gasteiger partial charge is 0.138 e. The molecule has 0 aliphatic rings. The highest BCUT2D eigenvalue weighted by molar-refractivity contribution is 9.10. The van der Waals surface area contributed by atoms with Gasteiger partial charge in [-0.2, -0.15) is 0 Å². The van der Waals surface area contributed by atoms with Gasteiger partial charge >= 0.3 is 0 Å². The van der Waals surface area contributed by atoms with Crippen LogP contribution >= 0.6 is 15.9 Å². The molecule has 0 aromatic carbocycles. The molecule has 0 saturated carbocycles. The summed E-state index contributed by atoms with van der Waals surface area (Å²) in [4.78, 5) is 7.99. The number of nitrogens with zero attached hydrogens (tertiary/aromatic N) is 2. The third kappa shape index (κ3) is 3.31. The van der Waals surface area contributed by atoms with Crippen LogP contribution in [0.15, 0.2) is 47.5 Å². The fraction of sp³-hybridized carbons (Fsp3) is 0.167. The molecule has 4 heteroatoms. The van der Waals surface area contributed by atoms with Gasteiger partial charge in [-0.05, 0) is 39.7 Å². The number of rotatable bonds is 4. The van der Waals surface area contributed by atoms with Crippen molar-refractivity contribution in [3.05, 3.63) is 53.0 Å². The highest BCUT2D eigenvalue weighted by atomic mass is 79.9. The molecule has 2 aromatic heterocycles. The average Bonchev–Trinajstić information content (AvgIpc) is 2.30. The van der Waals surface area contributed by atoms with E-state index in [9.17, 15) is 0 Å². The van der Waals surface area contributed by atoms with Crippen molar-refractivity contribution in [2.45, 2.75) is 6.42 Å². The molecule has 0 fully saturated rings. The molecule has 0 bridgehead atoms. The van der Waals surface area contributed by atoms with E-state index >= 15 is 0 Å². The monoisotopic (exact) mass is 278 g/mol. The SMILES string of the molecule is Brc1cncc(OCCc2ccncc2)c1. The molecule has 2 aromatic rings. The molecule has 0 radical (unpaired) electrons. The van der Waals surface area contributed by atoms with Crippen LogP contribution in [0.1, 0.15) is 5.56 Å². The van der Waals surface area contributed by atoms with Crippen molar-refractivity contribution in [2.24, 2.45) is 0 Å². The summed E-state index contributed by atoms with van der Waals surface area (Å²) in [6.07, 6.45) is 7.88. The van der Waals surface area contributed by atoms with Crippen molar-refractivity contribution in [3.63, 3.8) is 0 Å². The van der Waals surface area contributed by atoms with E-state index in [-0.39, 0.29) is 0 Å². The van der Waals surface area contributed by atoms with Crippen LogP contribution in [0.4, 0.5) is 0 Å². The lowest BCUT2D eigenvalue weighted by atomic mass is 10.2. The predicted octanol–water partition coefficient (Wildman–Crippen LogP) is 2.86. The van der Waals surface area contributed by atoms with Crippen LogP contribution < -0.4 is 4.74 Å². The summed E-state index contributed by atoms with van der Waals surface area (Å²) >= 11 is 3.35. The van der Waals surface area contributed by atoms with Crippen LogP contribution in [0, 0.1) is 0 Å². The third-order valence-corrected chi connectivity index (χ3v) is 2.52. The van der Waals surface area contributed by atoms with Gasteiger partial charge < -0.3 is 4.74 Å². The van der Waals surface area contributed by atoms with Crippen LogP contribution in [0.25, 0.3) is 0 Å². The zero-order valence-corrected chi connectivity index (χ0v) is 10.2. The van der Waals surface area contributed by atoms with Gasteiger partial charge in [-0.3, -0.25) is 9.97 Å². The van der Waals surface area contributed by atoms with E-state index in [1.165, 1.54) is 5.56 Å². The van der Waals surface area contributed by atoms with Gasteiger partial charge in [-0.25, -0.2) is 0 Å². The van der Waals surface area contributed by atoms with E-state index in [1.807, 2.05) is 18.2 Å². The zero-order chi connectivity index (χ0) is 11.2. The second-order valence-corrected chi connectivity index (χ2v) is 4.21. The molecule has 0 aliphatic carbocycles. The van der Waals surface area contributed by atoms with Crippen molar-refractivity contribution in [2.75, 3.05) is 6.61 Å². The van der Waals surface area contributed by atoms with Crippen LogP contribution in [-0.4, -0.2) is 16.6 Å². The van der Waals surface area contributed by atoms with Crippen molar-refractivity contribution in [3.8, 4) is 5.75 Å². The minimum absolute atomic E-state index is 0.641. The Kier molecular flexibility index (Phi) is 3.88. The molecular formula is C12H11BrN2O. The molecule has 0 atom stereocenters. The Hall–Kier alpha value is -1.42. The average molecular weight is 279 g/mol. The largest absolute Gasteiger partial charge is 0.492 e. The standard InChI is InChI=1S/C12H11BrN2O/c13-11-7-12(9-15-8-11)16-6-3-10-1-4-14-5-2-10/h1-2,4-5,7-9H,3,6H2. The summed E-state index contributed by atoms with van der Waals surface area (Å²) in [5, 5.41) is 0. The van der Waals surface area contributed by atoms with Crippen molar-refractivity contribution in [1.82, 2.24) is 9.97 Å². The lowest BCUT2D eigenvalue weighted by molar-refractivity contribution is 0.320. The Morgan fingerprint density at radius 2 is 1.94 bits per heavy atom. The molecule has 82 valence electrons. The van der Waals surface area contributed by atoms with Gasteiger partial charge in [0.2, 0.25) is 0 Å². The highest BCUT2D eigenvalue weighted by Gasteiger charge is 1.96. The van der Waals surface area contributed by atoms with Gasteiger partial charge in [0, 0.05) is 29.5 Å². The maximum atomic E-state index is 5.58. The Morgan fingerprint density at radius 1 is 1.12 bits per heavy atom. The maximum absolute atomic E-state index is 5.58. The normalized spacial score (nSPS) is 10.1. The molecule has 0 saturated heterocycles. The number of pyridine rings is 2. The Morgan fingerprint density at radius 3 is 2.69 bits per heavy atom. The molecule has 0 spiro atoms. The molecule has 0 N–H and O–H groups in total. The van der Waals surface area contributed by atoms with E-state index in [0.717, 1.165) is 16.6 Å². The molecular weight excluding hydrogens is 268 g/mol. The van der Waals surface area contributed by atoms with Gasteiger partial charge in [0.15, 0.2) is 0 Å². The van der Waals surface area contributed by atoms with E-state index in [2.05, 4.69) is 25.9 Å². The number of halogens is 1. The third-order valence-electron chi connectivity index (χ3n) is 2.09. The van der Waals surface area contributed by atoms with Crippen molar-refractivity contribution in [1.29, 1.82) is 0 Å². The van der Waals surface area contributed by atoms with Crippen molar-refractivity contribution < 1.29 is 4.74 Å². The van der Waals surface area contributed by atoms with Gasteiger partial charge in [0.1, 0.15) is 5.75 Å². The Balaban J connectivity index is 1.85. The quantitative estimate of drug-likeness (QED) is 0.863. The van der Waals surface area contributed by atoms with E-state index in [4.69, 9.17) is 4.74 Å². The lowest BCUT2D eigenvalue weighted by Crippen LogP contribution is -2.01. The van der Waals surface area contributed by atoms with Crippen LogP contribution in [0.5, 0.6) is 5.75 Å². The first-order chi connectivity index (χ1) is 7.84. The predicted molar refractivity (Wildman–Crippen MR) is 65.4 cm³/mol. The summed E-state index contributed by atoms with van der Waals surface area (Å²) in [6, 6.07) is 5.88. The summed E-state index contributed by atoms with van der Waals surface area (Å²) in [7, 11) is 0. The second-order valence-electron chi connectivity index (χ2n) is 3.29. The summed E-state index contributed by atoms with van der Waals surface area (Å²) < 4.78 is 6.50. The molecule has 0 unspecified atom stereocenters. The van der Waals surface area contributed by atoms with Crippen molar-refractivity contribution >= 4 is 15.9 Å². The number of aromatic nitrogens is 2. The van der Waals surface area contributed by atoms with Gasteiger partial charge in [-0.1, -0.05) is 0 Å². The molecule has 2 rings (SSSR count). The minimum Gasteiger partial charge on any atom is -0.492 e. The van der Waals surface area contributed by atoms with Crippen LogP contribution in [0.3, 0.4) is 0 Å². The highest BCUT2D eigenvalue weighted by Crippen LogP contribution is 2.15. The number of ether oxygens (including phenoxy) is 1. The molecule has 2 heterocycles. The lowest BCUT2D eigenvalue weighted by Gasteiger charge is -2.05. The van der Waals surface area contributed by atoms with Gasteiger partial charge in [0.05, 0.1) is 12.8 Å². The fourth-order valence-electron chi connectivity index (χ4n) is 1.31. The second kappa shape index (κ2) is 5.61. The molecule has 0 aliphatic heterocycles. The van der Waals surface area contributed by atoms with E-state index in [0.29, 0.717) is 6.61 Å². The summed E-state index contributed by atoms with van der Waals surface area (Å²) in [5.74, 6) is 0.781. The fourth-order valence-corrected chi connectivity index (χ4v) is 1.65. The molecule has 16 heavy (non-hydrogen) atoms.